The highest BCUT2D eigenvalue weighted by Crippen LogP contribution is 2.29. The number of benzene rings is 2. The number of para-hydroxylation sites is 1. The van der Waals surface area contributed by atoms with E-state index in [0.717, 1.165) is 5.69 Å². The molecule has 28 heavy (non-hydrogen) atoms. The summed E-state index contributed by atoms with van der Waals surface area (Å²) in [6.45, 7) is 0. The number of halogens is 1. The molecule has 0 unspecified atom stereocenters. The average Bonchev–Trinajstić information content (AvgIpc) is 3.25. The van der Waals surface area contributed by atoms with Crippen molar-refractivity contribution >= 4 is 29.3 Å². The van der Waals surface area contributed by atoms with Gasteiger partial charge in [-0.3, -0.25) is 10.1 Å². The summed E-state index contributed by atoms with van der Waals surface area (Å²) in [5.41, 5.74) is 2.84. The Bertz CT molecular complexity index is 1110. The lowest BCUT2D eigenvalue weighted by atomic mass is 10.1. The third-order valence-corrected chi connectivity index (χ3v) is 4.41. The van der Waals surface area contributed by atoms with Crippen molar-refractivity contribution < 1.29 is 13.9 Å². The number of aromatic nitrogens is 2. The van der Waals surface area contributed by atoms with Crippen LogP contribution in [-0.2, 0) is 4.79 Å². The zero-order chi connectivity index (χ0) is 19.7. The summed E-state index contributed by atoms with van der Waals surface area (Å²) in [4.78, 5) is 12.0. The standard InChI is InChI=1S/C20H15FN4O2S/c1-27-17-8-7-12(9-15(17)21)18-13(10-16-19(26)23-20(28)22-16)11-25(24-18)14-5-3-2-4-6-14/h2-11H,1H3,(H2,22,23,26,28). The van der Waals surface area contributed by atoms with Crippen molar-refractivity contribution in [1.82, 2.24) is 20.4 Å². The molecule has 6 nitrogen and oxygen atoms in total. The molecule has 2 N–H and O–H groups in total. The summed E-state index contributed by atoms with van der Waals surface area (Å²) in [7, 11) is 1.41. The van der Waals surface area contributed by atoms with Crippen molar-refractivity contribution in [2.75, 3.05) is 7.11 Å². The van der Waals surface area contributed by atoms with Crippen LogP contribution in [0.2, 0.25) is 0 Å². The number of rotatable bonds is 4. The highest BCUT2D eigenvalue weighted by molar-refractivity contribution is 7.80. The Labute approximate surface area is 165 Å². The summed E-state index contributed by atoms with van der Waals surface area (Å²) in [6, 6.07) is 14.1. The molecule has 1 aliphatic rings. The molecular formula is C20H15FN4O2S. The molecule has 0 saturated carbocycles. The summed E-state index contributed by atoms with van der Waals surface area (Å²) in [6.07, 6.45) is 3.41. The molecule has 1 amide bonds. The number of thiocarbonyl (C=S) groups is 1. The molecule has 0 spiro atoms. The molecule has 0 aliphatic carbocycles. The highest BCUT2D eigenvalue weighted by Gasteiger charge is 2.22. The number of carbonyl (C=O) groups excluding carboxylic acids is 1. The van der Waals surface area contributed by atoms with E-state index in [2.05, 4.69) is 15.7 Å². The minimum Gasteiger partial charge on any atom is -0.494 e. The lowest BCUT2D eigenvalue weighted by Gasteiger charge is -2.04. The number of nitrogens with one attached hydrogen (secondary N) is 2. The number of ether oxygens (including phenoxy) is 1. The normalized spacial score (nSPS) is 14.9. The van der Waals surface area contributed by atoms with E-state index >= 15 is 0 Å². The van der Waals surface area contributed by atoms with E-state index in [1.165, 1.54) is 13.2 Å². The Morgan fingerprint density at radius 2 is 1.96 bits per heavy atom. The maximum Gasteiger partial charge on any atom is 0.273 e. The molecule has 3 aromatic rings. The monoisotopic (exact) mass is 394 g/mol. The van der Waals surface area contributed by atoms with E-state index in [0.29, 0.717) is 22.5 Å². The summed E-state index contributed by atoms with van der Waals surface area (Å²) in [5.74, 6) is -0.677. The fourth-order valence-corrected chi connectivity index (χ4v) is 3.08. The molecule has 0 atom stereocenters. The molecule has 1 fully saturated rings. The van der Waals surface area contributed by atoms with Gasteiger partial charge >= 0.3 is 0 Å². The molecule has 1 saturated heterocycles. The number of carbonyl (C=O) groups is 1. The van der Waals surface area contributed by atoms with Gasteiger partial charge in [-0.15, -0.1) is 0 Å². The second-order valence-electron chi connectivity index (χ2n) is 6.03. The maximum absolute atomic E-state index is 14.2. The van der Waals surface area contributed by atoms with Gasteiger partial charge in [0.25, 0.3) is 5.91 Å². The summed E-state index contributed by atoms with van der Waals surface area (Å²) in [5, 5.41) is 10.2. The van der Waals surface area contributed by atoms with Gasteiger partial charge in [0.15, 0.2) is 16.7 Å². The summed E-state index contributed by atoms with van der Waals surface area (Å²) < 4.78 is 20.9. The topological polar surface area (TPSA) is 68.2 Å². The third kappa shape index (κ3) is 3.37. The number of methoxy groups -OCH3 is 1. The third-order valence-electron chi connectivity index (χ3n) is 4.21. The smallest absolute Gasteiger partial charge is 0.273 e. The van der Waals surface area contributed by atoms with Crippen molar-refractivity contribution in [2.24, 2.45) is 0 Å². The van der Waals surface area contributed by atoms with Crippen molar-refractivity contribution in [2.45, 2.75) is 0 Å². The first-order valence-corrected chi connectivity index (χ1v) is 8.79. The molecule has 1 aromatic heterocycles. The van der Waals surface area contributed by atoms with Crippen LogP contribution in [0.5, 0.6) is 5.75 Å². The number of nitrogens with zero attached hydrogens (tertiary/aromatic N) is 2. The van der Waals surface area contributed by atoms with Crippen LogP contribution in [-0.4, -0.2) is 27.9 Å². The maximum atomic E-state index is 14.2. The highest BCUT2D eigenvalue weighted by atomic mass is 32.1. The Morgan fingerprint density at radius 1 is 1.18 bits per heavy atom. The summed E-state index contributed by atoms with van der Waals surface area (Å²) >= 11 is 4.97. The van der Waals surface area contributed by atoms with Gasteiger partial charge in [0.1, 0.15) is 11.4 Å². The van der Waals surface area contributed by atoms with Crippen LogP contribution in [0.4, 0.5) is 4.39 Å². The largest absolute Gasteiger partial charge is 0.494 e. The fraction of sp³-hybridized carbons (Fsp3) is 0.0500. The van der Waals surface area contributed by atoms with Crippen LogP contribution in [0, 0.1) is 5.82 Å². The quantitative estimate of drug-likeness (QED) is 0.526. The SMILES string of the molecule is COc1ccc(-c2nn(-c3ccccc3)cc2C=C2NC(=S)NC2=O)cc1F. The molecule has 140 valence electrons. The van der Waals surface area contributed by atoms with Gasteiger partial charge in [-0.2, -0.15) is 5.10 Å². The molecule has 0 bridgehead atoms. The van der Waals surface area contributed by atoms with Crippen LogP contribution in [0.15, 0.2) is 60.4 Å². The Hall–Kier alpha value is -3.52. The molecule has 4 rings (SSSR count). The average molecular weight is 394 g/mol. The van der Waals surface area contributed by atoms with Crippen molar-refractivity contribution in [3.8, 4) is 22.7 Å². The second-order valence-corrected chi connectivity index (χ2v) is 6.44. The first kappa shape index (κ1) is 17.9. The predicted molar refractivity (Wildman–Crippen MR) is 107 cm³/mol. The van der Waals surface area contributed by atoms with Crippen molar-refractivity contribution in [1.29, 1.82) is 0 Å². The van der Waals surface area contributed by atoms with E-state index in [9.17, 15) is 9.18 Å². The second kappa shape index (κ2) is 7.24. The number of amides is 1. The molecule has 1 aliphatic heterocycles. The van der Waals surface area contributed by atoms with E-state index in [4.69, 9.17) is 17.0 Å². The zero-order valence-electron chi connectivity index (χ0n) is 14.8. The first-order chi connectivity index (χ1) is 13.5. The van der Waals surface area contributed by atoms with E-state index < -0.39 is 5.82 Å². The lowest BCUT2D eigenvalue weighted by molar-refractivity contribution is -0.115. The molecule has 2 aromatic carbocycles. The molecule has 2 heterocycles. The molecule has 0 radical (unpaired) electrons. The minimum atomic E-state index is -0.495. The number of hydrogen-bond donors (Lipinski definition) is 2. The Balaban J connectivity index is 1.85. The van der Waals surface area contributed by atoms with Crippen molar-refractivity contribution in [3.63, 3.8) is 0 Å². The van der Waals surface area contributed by atoms with Gasteiger partial charge in [-0.25, -0.2) is 9.07 Å². The van der Waals surface area contributed by atoms with Crippen LogP contribution >= 0.6 is 12.2 Å². The van der Waals surface area contributed by atoms with Crippen molar-refractivity contribution in [3.05, 3.63) is 71.8 Å². The van der Waals surface area contributed by atoms with Gasteiger partial charge in [0, 0.05) is 17.3 Å². The van der Waals surface area contributed by atoms with Gasteiger partial charge < -0.3 is 10.1 Å². The van der Waals surface area contributed by atoms with Crippen LogP contribution in [0.3, 0.4) is 0 Å². The van der Waals surface area contributed by atoms with Crippen LogP contribution < -0.4 is 15.4 Å². The minimum absolute atomic E-state index is 0.147. The Kier molecular flexibility index (Phi) is 4.62. The van der Waals surface area contributed by atoms with Gasteiger partial charge in [-0.05, 0) is 48.6 Å². The molecular weight excluding hydrogens is 379 g/mol. The Morgan fingerprint density at radius 3 is 2.61 bits per heavy atom. The van der Waals surface area contributed by atoms with Gasteiger partial charge in [0.05, 0.1) is 12.8 Å². The van der Waals surface area contributed by atoms with E-state index in [-0.39, 0.29) is 16.8 Å². The predicted octanol–water partition coefficient (Wildman–Crippen LogP) is 3.03. The van der Waals surface area contributed by atoms with Crippen LogP contribution in [0.1, 0.15) is 5.56 Å². The lowest BCUT2D eigenvalue weighted by Crippen LogP contribution is -2.21. The van der Waals surface area contributed by atoms with Gasteiger partial charge in [0.2, 0.25) is 0 Å². The van der Waals surface area contributed by atoms with Gasteiger partial charge in [-0.1, -0.05) is 18.2 Å². The van der Waals surface area contributed by atoms with E-state index in [1.807, 2.05) is 30.3 Å². The van der Waals surface area contributed by atoms with E-state index in [1.54, 1.807) is 29.1 Å². The number of hydrogen-bond acceptors (Lipinski definition) is 4. The zero-order valence-corrected chi connectivity index (χ0v) is 15.6. The van der Waals surface area contributed by atoms with Crippen LogP contribution in [0.25, 0.3) is 23.0 Å². The molecule has 8 heteroatoms. The first-order valence-electron chi connectivity index (χ1n) is 8.38. The fourth-order valence-electron chi connectivity index (χ4n) is 2.88.